The minimum atomic E-state index is -0.476. The maximum Gasteiger partial charge on any atom is 0.410 e. The second-order valence-electron chi connectivity index (χ2n) is 10.2. The first-order valence-electron chi connectivity index (χ1n) is 12.2. The van der Waals surface area contributed by atoms with E-state index in [1.807, 2.05) is 45.0 Å². The van der Waals surface area contributed by atoms with Crippen LogP contribution in [-0.2, 0) is 15.1 Å². The van der Waals surface area contributed by atoms with Gasteiger partial charge in [0.05, 0.1) is 11.1 Å². The molecule has 1 amide bonds. The second kappa shape index (κ2) is 9.75. The van der Waals surface area contributed by atoms with Crippen molar-refractivity contribution in [3.8, 4) is 11.1 Å². The Kier molecular flexibility index (Phi) is 6.94. The highest BCUT2D eigenvalue weighted by Crippen LogP contribution is 2.42. The van der Waals surface area contributed by atoms with E-state index in [9.17, 15) is 4.79 Å². The number of piperidine rings is 1. The number of nitrogens with zero attached hydrogens (tertiary/aromatic N) is 2. The largest absolute Gasteiger partial charge is 0.444 e. The van der Waals surface area contributed by atoms with E-state index >= 15 is 0 Å². The van der Waals surface area contributed by atoms with Crippen LogP contribution in [-0.4, -0.2) is 41.8 Å². The number of benzene rings is 2. The fraction of sp³-hybridized carbons (Fsp3) is 0.448. The predicted octanol–water partition coefficient (Wildman–Crippen LogP) is 6.80. The van der Waals surface area contributed by atoms with Crippen molar-refractivity contribution < 1.29 is 14.3 Å². The third kappa shape index (κ3) is 4.95. The molecule has 5 nitrogen and oxygen atoms in total. The second-order valence-corrected chi connectivity index (χ2v) is 10.2. The van der Waals surface area contributed by atoms with Gasteiger partial charge >= 0.3 is 6.09 Å². The average molecular weight is 461 g/mol. The van der Waals surface area contributed by atoms with Crippen LogP contribution < -0.4 is 0 Å². The van der Waals surface area contributed by atoms with Crippen molar-refractivity contribution in [1.29, 1.82) is 0 Å². The number of carbonyl (C=O) groups is 1. The number of fused-ring (bicyclic) bond motifs is 1. The quantitative estimate of drug-likeness (QED) is 0.420. The van der Waals surface area contributed by atoms with Crippen molar-refractivity contribution in [3.63, 3.8) is 0 Å². The summed E-state index contributed by atoms with van der Waals surface area (Å²) in [5.74, 6) is 0.330. The van der Waals surface area contributed by atoms with Crippen molar-refractivity contribution in [2.75, 3.05) is 20.2 Å². The molecule has 0 radical (unpaired) electrons. The molecule has 2 heterocycles. The maximum atomic E-state index is 12.5. The van der Waals surface area contributed by atoms with Crippen LogP contribution in [0.5, 0.6) is 0 Å². The number of hydrogen-bond acceptors (Lipinski definition) is 4. The average Bonchev–Trinajstić information content (AvgIpc) is 2.84. The molecule has 1 aliphatic heterocycles. The van der Waals surface area contributed by atoms with Gasteiger partial charge in [0.25, 0.3) is 0 Å². The Morgan fingerprint density at radius 2 is 1.71 bits per heavy atom. The molecule has 4 rings (SSSR count). The fourth-order valence-corrected chi connectivity index (χ4v) is 5.20. The van der Waals surface area contributed by atoms with Gasteiger partial charge in [-0.05, 0) is 74.8 Å². The Morgan fingerprint density at radius 1 is 1.03 bits per heavy atom. The molecule has 2 aromatic carbocycles. The lowest BCUT2D eigenvalue weighted by atomic mass is 9.74. The number of carbonyl (C=O) groups excluding carboxylic acids is 1. The molecule has 0 N–H and O–H groups in total. The fourth-order valence-electron chi connectivity index (χ4n) is 5.20. The third-order valence-corrected chi connectivity index (χ3v) is 7.01. The first-order valence-corrected chi connectivity index (χ1v) is 12.2. The van der Waals surface area contributed by atoms with Gasteiger partial charge in [0.2, 0.25) is 0 Å². The van der Waals surface area contributed by atoms with Crippen molar-refractivity contribution in [2.45, 2.75) is 58.2 Å². The molecule has 0 saturated carbocycles. The zero-order valence-corrected chi connectivity index (χ0v) is 21.0. The smallest absolute Gasteiger partial charge is 0.410 e. The molecule has 1 atom stereocenters. The van der Waals surface area contributed by atoms with Crippen LogP contribution in [0.4, 0.5) is 4.79 Å². The van der Waals surface area contributed by atoms with Gasteiger partial charge in [-0.1, -0.05) is 49.4 Å². The first-order chi connectivity index (χ1) is 16.3. The van der Waals surface area contributed by atoms with E-state index in [-0.39, 0.29) is 11.7 Å². The van der Waals surface area contributed by atoms with Crippen LogP contribution >= 0.6 is 0 Å². The Balaban J connectivity index is 1.52. The molecule has 1 aromatic heterocycles. The normalized spacial score (nSPS) is 16.9. The molecule has 1 fully saturated rings. The number of methoxy groups -OCH3 is 1. The molecule has 0 bridgehead atoms. The number of likely N-dealkylation sites (tertiary alicyclic amines) is 1. The molecule has 34 heavy (non-hydrogen) atoms. The molecule has 180 valence electrons. The molecule has 0 spiro atoms. The monoisotopic (exact) mass is 460 g/mol. The van der Waals surface area contributed by atoms with Crippen LogP contribution in [0.25, 0.3) is 22.0 Å². The Labute approximate surface area is 203 Å². The van der Waals surface area contributed by atoms with Gasteiger partial charge < -0.3 is 14.4 Å². The van der Waals surface area contributed by atoms with Crippen molar-refractivity contribution >= 4 is 17.0 Å². The van der Waals surface area contributed by atoms with Crippen molar-refractivity contribution in [2.24, 2.45) is 5.92 Å². The zero-order valence-electron chi connectivity index (χ0n) is 21.0. The van der Waals surface area contributed by atoms with Crippen LogP contribution in [0, 0.1) is 5.92 Å². The molecular formula is C29H36N2O3. The van der Waals surface area contributed by atoms with E-state index in [4.69, 9.17) is 9.47 Å². The first kappa shape index (κ1) is 24.2. The third-order valence-electron chi connectivity index (χ3n) is 7.01. The lowest BCUT2D eigenvalue weighted by Crippen LogP contribution is -2.47. The molecular weight excluding hydrogens is 424 g/mol. The summed E-state index contributed by atoms with van der Waals surface area (Å²) in [6.45, 7) is 9.28. The number of amides is 1. The van der Waals surface area contributed by atoms with Crippen LogP contribution in [0.2, 0.25) is 0 Å². The minimum Gasteiger partial charge on any atom is -0.444 e. The summed E-state index contributed by atoms with van der Waals surface area (Å²) < 4.78 is 11.8. The van der Waals surface area contributed by atoms with Crippen LogP contribution in [0.1, 0.15) is 52.5 Å². The summed E-state index contributed by atoms with van der Waals surface area (Å²) in [5.41, 5.74) is 3.66. The van der Waals surface area contributed by atoms with Crippen LogP contribution in [0.3, 0.4) is 0 Å². The van der Waals surface area contributed by atoms with E-state index in [0.29, 0.717) is 19.0 Å². The topological polar surface area (TPSA) is 51.7 Å². The minimum absolute atomic E-state index is 0.223. The highest BCUT2D eigenvalue weighted by molar-refractivity contribution is 5.84. The summed E-state index contributed by atoms with van der Waals surface area (Å²) in [5, 5.41) is 1.14. The number of aromatic nitrogens is 1. The molecule has 1 aliphatic rings. The number of rotatable bonds is 5. The van der Waals surface area contributed by atoms with Crippen molar-refractivity contribution in [1.82, 2.24) is 9.88 Å². The summed E-state index contributed by atoms with van der Waals surface area (Å²) in [7, 11) is 1.81. The molecule has 3 aromatic rings. The van der Waals surface area contributed by atoms with Crippen LogP contribution in [0.15, 0.2) is 60.8 Å². The Bertz CT molecular complexity index is 1120. The Morgan fingerprint density at radius 3 is 2.32 bits per heavy atom. The van der Waals surface area contributed by atoms with Gasteiger partial charge in [-0.15, -0.1) is 0 Å². The lowest BCUT2D eigenvalue weighted by Gasteiger charge is -2.44. The summed E-state index contributed by atoms with van der Waals surface area (Å²) in [6, 6.07) is 19.2. The Hall–Kier alpha value is -2.92. The van der Waals surface area contributed by atoms with Gasteiger partial charge in [0.15, 0.2) is 0 Å². The van der Waals surface area contributed by atoms with E-state index in [2.05, 4.69) is 60.4 Å². The van der Waals surface area contributed by atoms with Gasteiger partial charge in [-0.3, -0.25) is 4.98 Å². The highest BCUT2D eigenvalue weighted by Gasteiger charge is 2.41. The highest BCUT2D eigenvalue weighted by atomic mass is 16.6. The standard InChI is InChI=1S/C29H36N2O3/c1-6-29(33-5,25-15-18-31(19-16-25)27(32)34-28(2,3)4)24-13-11-21(12-14-24)23-10-9-22-8-7-17-30-26(22)20-23/h7-14,17,20,25H,6,15-16,18-19H2,1-5H3. The molecule has 0 aliphatic carbocycles. The number of pyridine rings is 1. The maximum absolute atomic E-state index is 12.5. The molecule has 1 saturated heterocycles. The van der Waals surface area contributed by atoms with E-state index in [0.717, 1.165) is 41.3 Å². The summed E-state index contributed by atoms with van der Waals surface area (Å²) in [4.78, 5) is 18.8. The zero-order chi connectivity index (χ0) is 24.3. The predicted molar refractivity (Wildman–Crippen MR) is 137 cm³/mol. The molecule has 5 heteroatoms. The van der Waals surface area contributed by atoms with E-state index in [1.165, 1.54) is 5.56 Å². The van der Waals surface area contributed by atoms with Gasteiger partial charge in [-0.2, -0.15) is 0 Å². The SMILES string of the molecule is CCC(OC)(c1ccc(-c2ccc3cccnc3c2)cc1)C1CCN(C(=O)OC(C)(C)C)CC1. The van der Waals surface area contributed by atoms with E-state index in [1.54, 1.807) is 0 Å². The lowest BCUT2D eigenvalue weighted by molar-refractivity contribution is -0.0861. The summed E-state index contributed by atoms with van der Waals surface area (Å²) in [6.07, 6.45) is 4.26. The molecule has 1 unspecified atom stereocenters. The number of ether oxygens (including phenoxy) is 2. The number of hydrogen-bond donors (Lipinski definition) is 0. The summed E-state index contributed by atoms with van der Waals surface area (Å²) >= 11 is 0. The van der Waals surface area contributed by atoms with Gasteiger partial charge in [0, 0.05) is 31.8 Å². The van der Waals surface area contributed by atoms with Gasteiger partial charge in [0.1, 0.15) is 5.60 Å². The van der Waals surface area contributed by atoms with E-state index < -0.39 is 5.60 Å². The van der Waals surface area contributed by atoms with Gasteiger partial charge in [-0.25, -0.2) is 4.79 Å². The van der Waals surface area contributed by atoms with Crippen molar-refractivity contribution in [3.05, 3.63) is 66.4 Å².